The number of amides is 2. The summed E-state index contributed by atoms with van der Waals surface area (Å²) in [4.78, 5) is 21.6. The molecule has 0 heterocycles. The second-order valence-electron chi connectivity index (χ2n) is 3.27. The minimum Gasteiger partial charge on any atom is -0.295 e. The van der Waals surface area contributed by atoms with Gasteiger partial charge in [0, 0.05) is 5.56 Å². The summed E-state index contributed by atoms with van der Waals surface area (Å²) in [6.07, 6.45) is 0.327. The third-order valence-electron chi connectivity index (χ3n) is 2.38. The van der Waals surface area contributed by atoms with Crippen molar-refractivity contribution in [3.8, 4) is 0 Å². The van der Waals surface area contributed by atoms with Crippen molar-refractivity contribution in [2.24, 2.45) is 0 Å². The molecule has 2 amide bonds. The Morgan fingerprint density at radius 1 is 1.33 bits per heavy atom. The van der Waals surface area contributed by atoms with E-state index < -0.39 is 5.91 Å². The molecule has 0 spiro atoms. The summed E-state index contributed by atoms with van der Waals surface area (Å²) in [6, 6.07) is 1.51. The maximum absolute atomic E-state index is 11.4. The van der Waals surface area contributed by atoms with Gasteiger partial charge in [0.25, 0.3) is 5.91 Å². The highest BCUT2D eigenvalue weighted by molar-refractivity contribution is 6.41. The molecule has 3 nitrogen and oxygen atoms in total. The molecule has 1 rings (SSSR count). The Morgan fingerprint density at radius 3 is 2.47 bits per heavy atom. The number of carbonyl (C=O) groups excluding carboxylic acids is 2. The first-order valence-electron chi connectivity index (χ1n) is 4.38. The van der Waals surface area contributed by atoms with Crippen LogP contribution in [-0.2, 0) is 4.79 Å². The van der Waals surface area contributed by atoms with Crippen molar-refractivity contribution >= 4 is 38.9 Å². The van der Waals surface area contributed by atoms with E-state index in [2.05, 4.69) is 0 Å². The Morgan fingerprint density at radius 2 is 1.93 bits per heavy atom. The average Bonchev–Trinajstić information content (AvgIpc) is 2.20. The van der Waals surface area contributed by atoms with Gasteiger partial charge in [0.05, 0.1) is 0 Å². The van der Waals surface area contributed by atoms with Crippen molar-refractivity contribution in [2.45, 2.75) is 13.8 Å². The third-order valence-corrected chi connectivity index (χ3v) is 2.38. The van der Waals surface area contributed by atoms with E-state index in [1.54, 1.807) is 13.8 Å². The molecule has 1 aromatic rings. The van der Waals surface area contributed by atoms with E-state index in [0.29, 0.717) is 28.5 Å². The van der Waals surface area contributed by atoms with Gasteiger partial charge in [-0.25, -0.2) is 0 Å². The van der Waals surface area contributed by atoms with Crippen LogP contribution in [-0.4, -0.2) is 28.0 Å². The lowest BCUT2D eigenvalue weighted by molar-refractivity contribution is -0.108. The van der Waals surface area contributed by atoms with Gasteiger partial charge in [-0.2, -0.15) is 0 Å². The smallest absolute Gasteiger partial charge is 0.257 e. The number of hydrogen-bond acceptors (Lipinski definition) is 2. The summed E-state index contributed by atoms with van der Waals surface area (Å²) in [6.45, 7) is 3.49. The fourth-order valence-corrected chi connectivity index (χ4v) is 1.32. The van der Waals surface area contributed by atoms with E-state index >= 15 is 0 Å². The second kappa shape index (κ2) is 4.34. The van der Waals surface area contributed by atoms with Crippen LogP contribution in [0.25, 0.3) is 0 Å². The van der Waals surface area contributed by atoms with Crippen LogP contribution >= 0.6 is 0 Å². The molecule has 0 fully saturated rings. The number of benzene rings is 1. The van der Waals surface area contributed by atoms with Crippen LogP contribution in [0.4, 0.5) is 0 Å². The standard InChI is InChI=1S/C10H9B2NO2/c1-5-7(10(15)13-4-14)3-8(11)6(2)9(5)12/h3-4H,1-2H3,(H,13,14,15). The van der Waals surface area contributed by atoms with Crippen molar-refractivity contribution in [3.63, 3.8) is 0 Å². The van der Waals surface area contributed by atoms with Crippen molar-refractivity contribution in [1.82, 2.24) is 5.32 Å². The van der Waals surface area contributed by atoms with Crippen LogP contribution in [0.2, 0.25) is 0 Å². The van der Waals surface area contributed by atoms with Crippen molar-refractivity contribution < 1.29 is 9.59 Å². The summed E-state index contributed by atoms with van der Waals surface area (Å²) < 4.78 is 0. The number of carbonyl (C=O) groups is 2. The highest BCUT2D eigenvalue weighted by Crippen LogP contribution is 2.05. The van der Waals surface area contributed by atoms with Crippen molar-refractivity contribution in [2.75, 3.05) is 0 Å². The van der Waals surface area contributed by atoms with Gasteiger partial charge in [-0.15, -0.1) is 0 Å². The monoisotopic (exact) mass is 197 g/mol. The topological polar surface area (TPSA) is 46.2 Å². The Bertz CT molecular complexity index is 430. The maximum Gasteiger partial charge on any atom is 0.257 e. The molecular weight excluding hydrogens is 188 g/mol. The molecule has 0 aromatic heterocycles. The van der Waals surface area contributed by atoms with E-state index in [1.165, 1.54) is 6.07 Å². The minimum atomic E-state index is -0.499. The average molecular weight is 197 g/mol. The Labute approximate surface area is 91.1 Å². The quantitative estimate of drug-likeness (QED) is 0.476. The first-order valence-corrected chi connectivity index (χ1v) is 4.38. The van der Waals surface area contributed by atoms with Gasteiger partial charge in [0.15, 0.2) is 0 Å². The molecule has 0 unspecified atom stereocenters. The highest BCUT2D eigenvalue weighted by atomic mass is 16.2. The highest BCUT2D eigenvalue weighted by Gasteiger charge is 2.12. The SMILES string of the molecule is [B]c1cc(C(=O)NC=O)c(C)c([B])c1C. The third kappa shape index (κ3) is 2.12. The molecule has 0 aliphatic heterocycles. The fourth-order valence-electron chi connectivity index (χ4n) is 1.32. The summed E-state index contributed by atoms with van der Waals surface area (Å²) in [5.41, 5.74) is 2.61. The first-order chi connectivity index (χ1) is 6.99. The van der Waals surface area contributed by atoms with Gasteiger partial charge < -0.3 is 0 Å². The molecule has 0 bridgehead atoms. The molecule has 0 saturated heterocycles. The lowest BCUT2D eigenvalue weighted by Crippen LogP contribution is -2.30. The lowest BCUT2D eigenvalue weighted by Gasteiger charge is -2.13. The molecule has 0 saturated carbocycles. The zero-order chi connectivity index (χ0) is 11.6. The molecule has 72 valence electrons. The number of nitrogens with one attached hydrogen (secondary N) is 1. The summed E-state index contributed by atoms with van der Waals surface area (Å²) in [5.74, 6) is -0.499. The molecule has 1 aromatic carbocycles. The number of hydrogen-bond donors (Lipinski definition) is 1. The molecule has 1 N–H and O–H groups in total. The number of rotatable bonds is 2. The lowest BCUT2D eigenvalue weighted by atomic mass is 9.77. The zero-order valence-corrected chi connectivity index (χ0v) is 8.63. The van der Waals surface area contributed by atoms with E-state index in [-0.39, 0.29) is 0 Å². The van der Waals surface area contributed by atoms with Crippen LogP contribution < -0.4 is 16.2 Å². The predicted molar refractivity (Wildman–Crippen MR) is 60.2 cm³/mol. The van der Waals surface area contributed by atoms with Crippen LogP contribution in [0.3, 0.4) is 0 Å². The van der Waals surface area contributed by atoms with E-state index in [9.17, 15) is 9.59 Å². The van der Waals surface area contributed by atoms with E-state index in [1.807, 2.05) is 5.32 Å². The maximum atomic E-state index is 11.4. The van der Waals surface area contributed by atoms with Crippen LogP contribution in [0.5, 0.6) is 0 Å². The van der Waals surface area contributed by atoms with E-state index in [4.69, 9.17) is 15.7 Å². The number of imide groups is 1. The molecule has 0 atom stereocenters. The molecule has 4 radical (unpaired) electrons. The van der Waals surface area contributed by atoms with Gasteiger partial charge in [0.2, 0.25) is 6.41 Å². The Hall–Kier alpha value is -1.51. The van der Waals surface area contributed by atoms with Gasteiger partial charge in [-0.05, 0) is 19.4 Å². The van der Waals surface area contributed by atoms with Crippen LogP contribution in [0.15, 0.2) is 6.07 Å². The second-order valence-corrected chi connectivity index (χ2v) is 3.27. The molecule has 5 heteroatoms. The zero-order valence-electron chi connectivity index (χ0n) is 8.63. The van der Waals surface area contributed by atoms with Crippen molar-refractivity contribution in [3.05, 3.63) is 22.8 Å². The normalized spacial score (nSPS) is 9.73. The van der Waals surface area contributed by atoms with E-state index in [0.717, 1.165) is 5.56 Å². The van der Waals surface area contributed by atoms with Crippen LogP contribution in [0.1, 0.15) is 21.5 Å². The van der Waals surface area contributed by atoms with Gasteiger partial charge in [-0.3, -0.25) is 14.9 Å². The van der Waals surface area contributed by atoms with Crippen molar-refractivity contribution in [1.29, 1.82) is 0 Å². The summed E-state index contributed by atoms with van der Waals surface area (Å²) in [5, 5.41) is 2.05. The molecular formula is C10H9B2NO2. The summed E-state index contributed by atoms with van der Waals surface area (Å²) >= 11 is 0. The Balaban J connectivity index is 3.31. The van der Waals surface area contributed by atoms with Gasteiger partial charge >= 0.3 is 0 Å². The van der Waals surface area contributed by atoms with Gasteiger partial charge in [0.1, 0.15) is 15.7 Å². The molecule has 0 aliphatic carbocycles. The summed E-state index contributed by atoms with van der Waals surface area (Å²) in [7, 11) is 11.4. The van der Waals surface area contributed by atoms with Gasteiger partial charge in [-0.1, -0.05) is 22.6 Å². The fraction of sp³-hybridized carbons (Fsp3) is 0.200. The van der Waals surface area contributed by atoms with Crippen LogP contribution in [0, 0.1) is 13.8 Å². The molecule has 0 aliphatic rings. The first kappa shape index (κ1) is 11.6. The minimum absolute atomic E-state index is 0.322. The predicted octanol–water partition coefficient (Wildman–Crippen LogP) is -1.22. The largest absolute Gasteiger partial charge is 0.295 e. The Kier molecular flexibility index (Phi) is 3.35. The molecule has 15 heavy (non-hydrogen) atoms.